The number of amides is 1. The van der Waals surface area contributed by atoms with Crippen molar-refractivity contribution in [3.8, 4) is 5.75 Å². The van der Waals surface area contributed by atoms with Gasteiger partial charge in [0, 0.05) is 12.1 Å². The van der Waals surface area contributed by atoms with E-state index in [2.05, 4.69) is 5.32 Å². The molecule has 1 aromatic carbocycles. The maximum absolute atomic E-state index is 14.2. The fourth-order valence-corrected chi connectivity index (χ4v) is 2.27. The number of unbranched alkanes of at least 4 members (excludes halogenated alkanes) is 3. The number of carbonyl (C=O) groups is 1. The summed E-state index contributed by atoms with van der Waals surface area (Å²) in [5, 5.41) is 2.52. The maximum atomic E-state index is 14.2. The summed E-state index contributed by atoms with van der Waals surface area (Å²) in [5.41, 5.74) is 5.35. The quantitative estimate of drug-likeness (QED) is 0.378. The summed E-state index contributed by atoms with van der Waals surface area (Å²) in [6, 6.07) is 5.86. The molecule has 0 heterocycles. The van der Waals surface area contributed by atoms with E-state index < -0.39 is 20.7 Å². The number of alkyl halides is 1. The normalized spacial score (nSPS) is 11.5. The van der Waals surface area contributed by atoms with Gasteiger partial charge < -0.3 is 25.4 Å². The number of nitrogens with two attached hydrogens (primary N) is 1. The number of nitrogens with one attached hydrogen (secondary N) is 1. The molecule has 138 valence electrons. The molecule has 0 aliphatic heterocycles. The van der Waals surface area contributed by atoms with Crippen molar-refractivity contribution in [2.75, 3.05) is 13.1 Å². The van der Waals surface area contributed by atoms with Gasteiger partial charge in [0.05, 0.1) is 0 Å². The Balaban J connectivity index is 0.00000254. The van der Waals surface area contributed by atoms with E-state index in [1.54, 1.807) is 12.1 Å². The molecule has 1 atom stereocenters. The molecule has 1 amide bonds. The molecule has 0 saturated carbocycles. The van der Waals surface area contributed by atoms with Gasteiger partial charge in [0.15, 0.2) is 0 Å². The van der Waals surface area contributed by atoms with Crippen molar-refractivity contribution < 1.29 is 23.5 Å². The molecular formula is C16H28FN2O4P. The predicted molar refractivity (Wildman–Crippen MR) is 94.2 cm³/mol. The molecule has 0 aliphatic carbocycles. The minimum Gasteiger partial charge on any atom is -0.427 e. The van der Waals surface area contributed by atoms with Crippen LogP contribution in [-0.4, -0.2) is 28.8 Å². The summed E-state index contributed by atoms with van der Waals surface area (Å²) in [7, 11) is -2.67. The highest BCUT2D eigenvalue weighted by Gasteiger charge is 2.23. The van der Waals surface area contributed by atoms with Crippen LogP contribution in [0.3, 0.4) is 0 Å². The fourth-order valence-electron chi connectivity index (χ4n) is 1.93. The second kappa shape index (κ2) is 14.1. The molecule has 1 unspecified atom stereocenters. The Kier molecular flexibility index (Phi) is 13.4. The van der Waals surface area contributed by atoms with Gasteiger partial charge in [-0.05, 0) is 25.5 Å². The van der Waals surface area contributed by atoms with E-state index in [0.717, 1.165) is 25.7 Å². The highest BCUT2D eigenvalue weighted by molar-refractivity contribution is 7.39. The molecule has 5 N–H and O–H groups in total. The van der Waals surface area contributed by atoms with Gasteiger partial charge in [0.1, 0.15) is 5.75 Å². The zero-order chi connectivity index (χ0) is 18.4. The molecule has 0 fully saturated rings. The fraction of sp³-hybridized carbons (Fsp3) is 0.562. The van der Waals surface area contributed by atoms with Crippen LogP contribution >= 0.6 is 8.60 Å². The first-order chi connectivity index (χ1) is 11.6. The first-order valence-corrected chi connectivity index (χ1v) is 9.29. The van der Waals surface area contributed by atoms with Crippen molar-refractivity contribution in [2.45, 2.75) is 45.7 Å². The largest absolute Gasteiger partial charge is 0.427 e. The summed E-state index contributed by atoms with van der Waals surface area (Å²) >= 11 is 0. The van der Waals surface area contributed by atoms with Gasteiger partial charge in [-0.2, -0.15) is 0 Å². The Hall–Kier alpha value is -1.27. The predicted octanol–water partition coefficient (Wildman–Crippen LogP) is 2.95. The lowest BCUT2D eigenvalue weighted by Crippen LogP contribution is -2.28. The van der Waals surface area contributed by atoms with Crippen molar-refractivity contribution in [1.29, 1.82) is 0 Å². The smallest absolute Gasteiger partial charge is 0.391 e. The summed E-state index contributed by atoms with van der Waals surface area (Å²) in [6.45, 7) is 5.04. The van der Waals surface area contributed by atoms with Crippen molar-refractivity contribution in [3.63, 3.8) is 0 Å². The lowest BCUT2D eigenvalue weighted by molar-refractivity contribution is -0.126. The van der Waals surface area contributed by atoms with Crippen LogP contribution in [0.4, 0.5) is 4.39 Å². The Morgan fingerprint density at radius 2 is 1.88 bits per heavy atom. The van der Waals surface area contributed by atoms with Crippen molar-refractivity contribution in [1.82, 2.24) is 5.32 Å². The van der Waals surface area contributed by atoms with Crippen LogP contribution in [0.5, 0.6) is 5.75 Å². The van der Waals surface area contributed by atoms with Gasteiger partial charge in [0.2, 0.25) is 6.17 Å². The van der Waals surface area contributed by atoms with E-state index in [9.17, 15) is 9.18 Å². The van der Waals surface area contributed by atoms with Gasteiger partial charge in [0.25, 0.3) is 5.91 Å². The second-order valence-corrected chi connectivity index (χ2v) is 5.43. The monoisotopic (exact) mass is 362 g/mol. The summed E-state index contributed by atoms with van der Waals surface area (Å²) in [4.78, 5) is 29.5. The number of hydrogen-bond donors (Lipinski definition) is 4. The van der Waals surface area contributed by atoms with Gasteiger partial charge in [-0.25, -0.2) is 4.39 Å². The maximum Gasteiger partial charge on any atom is 0.391 e. The molecule has 1 rings (SSSR count). The molecule has 8 heteroatoms. The van der Waals surface area contributed by atoms with E-state index in [1.807, 2.05) is 13.8 Å². The third kappa shape index (κ3) is 9.13. The highest BCUT2D eigenvalue weighted by atomic mass is 31.2. The first-order valence-electron chi connectivity index (χ1n) is 8.13. The van der Waals surface area contributed by atoms with Gasteiger partial charge in [-0.3, -0.25) is 4.79 Å². The van der Waals surface area contributed by atoms with E-state index >= 15 is 0 Å². The van der Waals surface area contributed by atoms with E-state index in [-0.39, 0.29) is 11.3 Å². The summed E-state index contributed by atoms with van der Waals surface area (Å²) < 4.78 is 18.9. The molecular weight excluding hydrogens is 334 g/mol. The van der Waals surface area contributed by atoms with Crippen LogP contribution in [0.2, 0.25) is 0 Å². The molecule has 6 nitrogen and oxygen atoms in total. The van der Waals surface area contributed by atoms with E-state index in [0.29, 0.717) is 13.1 Å². The molecule has 24 heavy (non-hydrogen) atoms. The van der Waals surface area contributed by atoms with Crippen LogP contribution < -0.4 is 15.6 Å². The number of carbonyl (C=O) groups excluding carboxylic acids is 1. The Morgan fingerprint density at radius 3 is 2.50 bits per heavy atom. The molecule has 1 aromatic rings. The lowest BCUT2D eigenvalue weighted by Gasteiger charge is -2.14. The van der Waals surface area contributed by atoms with Crippen LogP contribution in [-0.2, 0) is 4.79 Å². The van der Waals surface area contributed by atoms with Gasteiger partial charge in [-0.1, -0.05) is 44.9 Å². The first kappa shape index (κ1) is 22.7. The number of hydrogen-bond acceptors (Lipinski definition) is 5. The van der Waals surface area contributed by atoms with Crippen LogP contribution in [0.25, 0.3) is 0 Å². The molecule has 0 aromatic heterocycles. The Morgan fingerprint density at radius 1 is 1.25 bits per heavy atom. The number of rotatable bonds is 10. The average Bonchev–Trinajstić information content (AvgIpc) is 2.59. The van der Waals surface area contributed by atoms with Gasteiger partial charge >= 0.3 is 8.60 Å². The van der Waals surface area contributed by atoms with Crippen molar-refractivity contribution in [2.24, 2.45) is 5.73 Å². The zero-order valence-corrected chi connectivity index (χ0v) is 15.1. The summed E-state index contributed by atoms with van der Waals surface area (Å²) in [6.07, 6.45) is 1.69. The van der Waals surface area contributed by atoms with E-state index in [4.69, 9.17) is 20.0 Å². The van der Waals surface area contributed by atoms with E-state index in [1.165, 1.54) is 12.1 Å². The zero-order valence-electron chi connectivity index (χ0n) is 14.2. The van der Waals surface area contributed by atoms with Crippen LogP contribution in [0.1, 0.15) is 51.3 Å². The minimum absolute atomic E-state index is 0.0290. The van der Waals surface area contributed by atoms with Crippen LogP contribution in [0, 0.1) is 0 Å². The lowest BCUT2D eigenvalue weighted by atomic mass is 10.1. The second-order valence-electron chi connectivity index (χ2n) is 4.74. The molecule has 0 bridgehead atoms. The Bertz CT molecular complexity index is 463. The third-order valence-corrected chi connectivity index (χ3v) is 3.39. The number of para-hydroxylation sites is 1. The third-order valence-electron chi connectivity index (χ3n) is 3.03. The molecule has 0 spiro atoms. The molecule has 0 aliphatic rings. The van der Waals surface area contributed by atoms with Gasteiger partial charge in [-0.15, -0.1) is 0 Å². The van der Waals surface area contributed by atoms with Crippen molar-refractivity contribution in [3.05, 3.63) is 29.8 Å². The van der Waals surface area contributed by atoms with Crippen molar-refractivity contribution >= 4 is 14.5 Å². The standard InChI is InChI=1S/C14H22FN2O4P.C2H6/c15-13(14(18)17-10-6-2-1-5-9-16)11-7-3-4-8-12(11)21-22(19)20;1-2/h3-4,7-8,13,19-20H,1-2,5-6,9-10,16H2,(H,17,18);1-2H3. The average molecular weight is 362 g/mol. The summed E-state index contributed by atoms with van der Waals surface area (Å²) in [5.74, 6) is -0.820. The molecule has 0 saturated heterocycles. The van der Waals surface area contributed by atoms with Crippen LogP contribution in [0.15, 0.2) is 24.3 Å². The SMILES string of the molecule is CC.NCCCCCCNC(=O)C(F)c1ccccc1OP(O)O. The number of halogens is 1. The number of benzene rings is 1. The Labute approximate surface area is 144 Å². The molecule has 0 radical (unpaired) electrons. The minimum atomic E-state index is -2.67. The highest BCUT2D eigenvalue weighted by Crippen LogP contribution is 2.35. The topological polar surface area (TPSA) is 105 Å².